The second-order valence-electron chi connectivity index (χ2n) is 3.82. The van der Waals surface area contributed by atoms with Crippen molar-refractivity contribution in [1.82, 2.24) is 0 Å². The minimum atomic E-state index is -2.31. The molecule has 1 unspecified atom stereocenters. The van der Waals surface area contributed by atoms with Gasteiger partial charge in [-0.1, -0.05) is 12.1 Å². The molecule has 0 heterocycles. The summed E-state index contributed by atoms with van der Waals surface area (Å²) in [6.45, 7) is 0. The van der Waals surface area contributed by atoms with E-state index >= 15 is 0 Å². The molecule has 2 nitrogen and oxygen atoms in total. The van der Waals surface area contributed by atoms with Crippen LogP contribution in [0.4, 0.5) is 8.78 Å². The van der Waals surface area contributed by atoms with Gasteiger partial charge in [0, 0.05) is 6.42 Å². The molecule has 1 aliphatic rings. The van der Waals surface area contributed by atoms with Crippen LogP contribution in [-0.4, -0.2) is 16.7 Å². The standard InChI is InChI=1S/C11H10F2O2/c12-9-3-1-2-7-4-5-11(13,10(14)15)6-8(7)9/h1-3H,4-6H2,(H,14,15). The number of hydrogen-bond acceptors (Lipinski definition) is 1. The van der Waals surface area contributed by atoms with Gasteiger partial charge < -0.3 is 5.11 Å². The average molecular weight is 212 g/mol. The largest absolute Gasteiger partial charge is 0.479 e. The van der Waals surface area contributed by atoms with Crippen molar-refractivity contribution in [2.75, 3.05) is 0 Å². The highest BCUT2D eigenvalue weighted by Crippen LogP contribution is 2.33. The molecule has 15 heavy (non-hydrogen) atoms. The Morgan fingerprint density at radius 2 is 2.20 bits per heavy atom. The molecular weight excluding hydrogens is 202 g/mol. The van der Waals surface area contributed by atoms with E-state index in [2.05, 4.69) is 0 Å². The summed E-state index contributed by atoms with van der Waals surface area (Å²) < 4.78 is 27.1. The summed E-state index contributed by atoms with van der Waals surface area (Å²) in [6.07, 6.45) is -0.182. The predicted molar refractivity (Wildman–Crippen MR) is 49.9 cm³/mol. The van der Waals surface area contributed by atoms with Gasteiger partial charge in [0.05, 0.1) is 0 Å². The molecule has 1 atom stereocenters. The van der Waals surface area contributed by atoms with Gasteiger partial charge in [-0.2, -0.15) is 0 Å². The molecular formula is C11H10F2O2. The first-order valence-corrected chi connectivity index (χ1v) is 4.71. The lowest BCUT2D eigenvalue weighted by atomic mass is 9.81. The number of carboxylic acid groups (broad SMARTS) is 1. The van der Waals surface area contributed by atoms with Gasteiger partial charge >= 0.3 is 5.97 Å². The van der Waals surface area contributed by atoms with Gasteiger partial charge in [0.25, 0.3) is 0 Å². The molecule has 4 heteroatoms. The van der Waals surface area contributed by atoms with Crippen molar-refractivity contribution in [3.05, 3.63) is 35.1 Å². The highest BCUT2D eigenvalue weighted by Gasteiger charge is 2.42. The Bertz CT molecular complexity index is 417. The fraction of sp³-hybridized carbons (Fsp3) is 0.364. The Kier molecular flexibility index (Phi) is 2.21. The second-order valence-corrected chi connectivity index (χ2v) is 3.82. The molecule has 0 saturated carbocycles. The lowest BCUT2D eigenvalue weighted by Gasteiger charge is -2.27. The number of fused-ring (bicyclic) bond motifs is 1. The van der Waals surface area contributed by atoms with Crippen LogP contribution < -0.4 is 0 Å². The van der Waals surface area contributed by atoms with E-state index in [1.165, 1.54) is 6.07 Å². The van der Waals surface area contributed by atoms with Crippen LogP contribution in [0.5, 0.6) is 0 Å². The zero-order valence-corrected chi connectivity index (χ0v) is 7.96. The van der Waals surface area contributed by atoms with E-state index in [-0.39, 0.29) is 24.8 Å². The molecule has 0 aliphatic heterocycles. The first kappa shape index (κ1) is 10.1. The van der Waals surface area contributed by atoms with E-state index in [1.807, 2.05) is 0 Å². The maximum Gasteiger partial charge on any atom is 0.341 e. The quantitative estimate of drug-likeness (QED) is 0.774. The Morgan fingerprint density at radius 3 is 2.87 bits per heavy atom. The minimum Gasteiger partial charge on any atom is -0.479 e. The van der Waals surface area contributed by atoms with E-state index in [9.17, 15) is 13.6 Å². The van der Waals surface area contributed by atoms with Crippen LogP contribution in [-0.2, 0) is 17.6 Å². The molecule has 80 valence electrons. The van der Waals surface area contributed by atoms with Gasteiger partial charge in [0.1, 0.15) is 5.82 Å². The summed E-state index contributed by atoms with van der Waals surface area (Å²) >= 11 is 0. The molecule has 1 aromatic rings. The highest BCUT2D eigenvalue weighted by molar-refractivity contribution is 5.78. The Morgan fingerprint density at radius 1 is 1.47 bits per heavy atom. The SMILES string of the molecule is O=C(O)C1(F)CCc2cccc(F)c2C1. The molecule has 0 fully saturated rings. The number of carbonyl (C=O) groups is 1. The van der Waals surface area contributed by atoms with Crippen LogP contribution in [0, 0.1) is 5.82 Å². The van der Waals surface area contributed by atoms with Crippen molar-refractivity contribution >= 4 is 5.97 Å². The Hall–Kier alpha value is -1.45. The van der Waals surface area contributed by atoms with Crippen LogP contribution in [0.25, 0.3) is 0 Å². The fourth-order valence-corrected chi connectivity index (χ4v) is 1.92. The van der Waals surface area contributed by atoms with Crippen molar-refractivity contribution in [2.24, 2.45) is 0 Å². The minimum absolute atomic E-state index is 0.0845. The number of aryl methyl sites for hydroxylation is 1. The third kappa shape index (κ3) is 1.60. The second kappa shape index (κ2) is 3.29. The molecule has 1 N–H and O–H groups in total. The maximum absolute atomic E-state index is 13.8. The van der Waals surface area contributed by atoms with Crippen LogP contribution >= 0.6 is 0 Å². The van der Waals surface area contributed by atoms with Crippen molar-refractivity contribution in [2.45, 2.75) is 24.9 Å². The van der Waals surface area contributed by atoms with Gasteiger partial charge in [0.2, 0.25) is 5.67 Å². The molecule has 1 aromatic carbocycles. The molecule has 0 bridgehead atoms. The lowest BCUT2D eigenvalue weighted by Crippen LogP contribution is -2.39. The molecule has 0 spiro atoms. The molecule has 0 amide bonds. The Labute approximate surface area is 85.5 Å². The van der Waals surface area contributed by atoms with E-state index < -0.39 is 17.5 Å². The predicted octanol–water partition coefficient (Wildman–Crippen LogP) is 2.11. The summed E-state index contributed by atoms with van der Waals surface area (Å²) in [4.78, 5) is 10.7. The average Bonchev–Trinajstić information content (AvgIpc) is 2.19. The number of aliphatic carboxylic acids is 1. The van der Waals surface area contributed by atoms with Crippen molar-refractivity contribution < 1.29 is 18.7 Å². The number of halogens is 2. The number of benzene rings is 1. The fourth-order valence-electron chi connectivity index (χ4n) is 1.92. The third-order valence-electron chi connectivity index (χ3n) is 2.85. The first-order chi connectivity index (χ1) is 7.03. The Balaban J connectivity index is 2.42. The summed E-state index contributed by atoms with van der Waals surface area (Å²) in [5.74, 6) is -2.02. The lowest BCUT2D eigenvalue weighted by molar-refractivity contribution is -0.151. The van der Waals surface area contributed by atoms with E-state index in [4.69, 9.17) is 5.11 Å². The highest BCUT2D eigenvalue weighted by atomic mass is 19.1. The topological polar surface area (TPSA) is 37.3 Å². The van der Waals surface area contributed by atoms with E-state index in [0.717, 1.165) is 0 Å². The zero-order valence-electron chi connectivity index (χ0n) is 7.96. The molecule has 2 rings (SSSR count). The van der Waals surface area contributed by atoms with E-state index in [1.54, 1.807) is 12.1 Å². The van der Waals surface area contributed by atoms with Crippen LogP contribution in [0.15, 0.2) is 18.2 Å². The monoisotopic (exact) mass is 212 g/mol. The molecule has 0 saturated heterocycles. The van der Waals surface area contributed by atoms with Crippen LogP contribution in [0.1, 0.15) is 17.5 Å². The molecule has 1 aliphatic carbocycles. The summed E-state index contributed by atoms with van der Waals surface area (Å²) in [5, 5.41) is 8.72. The van der Waals surface area contributed by atoms with Crippen LogP contribution in [0.3, 0.4) is 0 Å². The van der Waals surface area contributed by atoms with Gasteiger partial charge in [0.15, 0.2) is 0 Å². The van der Waals surface area contributed by atoms with Crippen molar-refractivity contribution in [3.8, 4) is 0 Å². The first-order valence-electron chi connectivity index (χ1n) is 4.71. The molecule has 0 aromatic heterocycles. The number of hydrogen-bond donors (Lipinski definition) is 1. The number of rotatable bonds is 1. The smallest absolute Gasteiger partial charge is 0.341 e. The number of alkyl halides is 1. The summed E-state index contributed by atoms with van der Waals surface area (Å²) in [7, 11) is 0. The number of carboxylic acids is 1. The van der Waals surface area contributed by atoms with Gasteiger partial charge in [-0.25, -0.2) is 13.6 Å². The zero-order chi connectivity index (χ0) is 11.1. The van der Waals surface area contributed by atoms with Gasteiger partial charge in [-0.3, -0.25) is 0 Å². The van der Waals surface area contributed by atoms with E-state index in [0.29, 0.717) is 5.56 Å². The maximum atomic E-state index is 13.8. The van der Waals surface area contributed by atoms with Gasteiger partial charge in [-0.15, -0.1) is 0 Å². The third-order valence-corrected chi connectivity index (χ3v) is 2.85. The summed E-state index contributed by atoms with van der Waals surface area (Å²) in [6, 6.07) is 4.49. The van der Waals surface area contributed by atoms with Crippen LogP contribution in [0.2, 0.25) is 0 Å². The van der Waals surface area contributed by atoms with Crippen molar-refractivity contribution in [3.63, 3.8) is 0 Å². The van der Waals surface area contributed by atoms with Crippen molar-refractivity contribution in [1.29, 1.82) is 0 Å². The molecule has 0 radical (unpaired) electrons. The normalized spacial score (nSPS) is 24.7. The van der Waals surface area contributed by atoms with Gasteiger partial charge in [-0.05, 0) is 30.0 Å². The summed E-state index contributed by atoms with van der Waals surface area (Å²) in [5.41, 5.74) is -1.40.